The highest BCUT2D eigenvalue weighted by molar-refractivity contribution is 5.34. The number of ether oxygens (including phenoxy) is 2. The topological polar surface area (TPSA) is 41.2 Å². The maximum absolute atomic E-state index is 5.80. The molecule has 0 bridgehead atoms. The lowest BCUT2D eigenvalue weighted by atomic mass is 9.92. The van der Waals surface area contributed by atoms with Crippen LogP contribution < -0.4 is 0 Å². The molecule has 0 aromatic carbocycles. The molecule has 0 spiro atoms. The normalized spacial score (nSPS) is 19.3. The molecule has 1 unspecified atom stereocenters. The summed E-state index contributed by atoms with van der Waals surface area (Å²) < 4.78 is 15.6. The number of hydrogen-bond acceptors (Lipinski definition) is 3. The summed E-state index contributed by atoms with van der Waals surface area (Å²) in [7, 11) is 0. The first kappa shape index (κ1) is 16.3. The van der Waals surface area contributed by atoms with Crippen LogP contribution in [0.5, 0.6) is 0 Å². The Bertz CT molecular complexity index is 653. The predicted octanol–water partition coefficient (Wildman–Crippen LogP) is 3.00. The Morgan fingerprint density at radius 1 is 1.17 bits per heavy atom. The Labute approximate surface area is 138 Å². The second kappa shape index (κ2) is 6.13. The molecule has 0 amide bonds. The van der Waals surface area contributed by atoms with Gasteiger partial charge in [-0.15, -0.1) is 0 Å². The van der Waals surface area contributed by atoms with Gasteiger partial charge in [0, 0.05) is 28.6 Å². The zero-order valence-electron chi connectivity index (χ0n) is 14.8. The van der Waals surface area contributed by atoms with Gasteiger partial charge in [-0.05, 0) is 26.0 Å². The lowest BCUT2D eigenvalue weighted by Crippen LogP contribution is -2.34. The van der Waals surface area contributed by atoms with E-state index in [-0.39, 0.29) is 11.5 Å². The molecule has 0 N–H and O–H groups in total. The van der Waals surface area contributed by atoms with Crippen molar-refractivity contribution >= 4 is 0 Å². The smallest absolute Gasteiger partial charge is 0.159 e. The van der Waals surface area contributed by atoms with E-state index in [4.69, 9.17) is 14.6 Å². The Morgan fingerprint density at radius 2 is 1.87 bits per heavy atom. The van der Waals surface area contributed by atoms with Crippen molar-refractivity contribution < 1.29 is 9.47 Å². The maximum Gasteiger partial charge on any atom is 0.159 e. The molecule has 2 aromatic heterocycles. The first-order valence-corrected chi connectivity index (χ1v) is 8.29. The van der Waals surface area contributed by atoms with Gasteiger partial charge in [0.1, 0.15) is 6.10 Å². The van der Waals surface area contributed by atoms with Crippen LogP contribution in [0.15, 0.2) is 18.2 Å². The second-order valence-electron chi connectivity index (χ2n) is 7.34. The van der Waals surface area contributed by atoms with E-state index in [1.165, 1.54) is 17.1 Å². The number of rotatable bonds is 3. The molecular weight excluding hydrogens is 290 g/mol. The van der Waals surface area contributed by atoms with Crippen LogP contribution in [0.4, 0.5) is 0 Å². The molecule has 1 aliphatic rings. The summed E-state index contributed by atoms with van der Waals surface area (Å²) in [6.45, 7) is 13.6. The molecule has 0 aliphatic carbocycles. The van der Waals surface area contributed by atoms with Crippen LogP contribution in [-0.4, -0.2) is 40.3 Å². The van der Waals surface area contributed by atoms with Crippen LogP contribution in [0.25, 0.3) is 5.82 Å². The SMILES string of the molecule is Cc1ccc(C)n1-c1cc(C(C)(C)C)n(CC2COCCO2)n1. The van der Waals surface area contributed by atoms with Gasteiger partial charge in [0.05, 0.1) is 26.4 Å². The molecule has 23 heavy (non-hydrogen) atoms. The van der Waals surface area contributed by atoms with Gasteiger partial charge in [0.25, 0.3) is 0 Å². The quantitative estimate of drug-likeness (QED) is 0.874. The molecule has 1 atom stereocenters. The minimum atomic E-state index is 0.0235. The molecular formula is C18H27N3O2. The zero-order valence-corrected chi connectivity index (χ0v) is 14.8. The number of aromatic nitrogens is 3. The third-order valence-electron chi connectivity index (χ3n) is 4.30. The lowest BCUT2D eigenvalue weighted by molar-refractivity contribution is -0.0950. The van der Waals surface area contributed by atoms with Crippen molar-refractivity contribution in [2.24, 2.45) is 0 Å². The van der Waals surface area contributed by atoms with Crippen molar-refractivity contribution in [1.29, 1.82) is 0 Å². The summed E-state index contributed by atoms with van der Waals surface area (Å²) in [6, 6.07) is 6.45. The summed E-state index contributed by atoms with van der Waals surface area (Å²) in [5.41, 5.74) is 3.64. The van der Waals surface area contributed by atoms with Gasteiger partial charge < -0.3 is 14.0 Å². The van der Waals surface area contributed by atoms with Gasteiger partial charge >= 0.3 is 0 Å². The van der Waals surface area contributed by atoms with Gasteiger partial charge in [0.15, 0.2) is 5.82 Å². The fourth-order valence-electron chi connectivity index (χ4n) is 3.12. The molecule has 3 heterocycles. The molecule has 0 saturated carbocycles. The Morgan fingerprint density at radius 3 is 2.43 bits per heavy atom. The molecule has 1 aliphatic heterocycles. The van der Waals surface area contributed by atoms with Crippen molar-refractivity contribution in [1.82, 2.24) is 14.3 Å². The molecule has 5 nitrogen and oxygen atoms in total. The van der Waals surface area contributed by atoms with Gasteiger partial charge in [-0.25, -0.2) is 0 Å². The van der Waals surface area contributed by atoms with Crippen LogP contribution >= 0.6 is 0 Å². The van der Waals surface area contributed by atoms with Crippen molar-refractivity contribution in [3.05, 3.63) is 35.3 Å². The summed E-state index contributed by atoms with van der Waals surface area (Å²) in [4.78, 5) is 0. The van der Waals surface area contributed by atoms with Crippen LogP contribution in [-0.2, 0) is 21.4 Å². The van der Waals surface area contributed by atoms with Gasteiger partial charge in [-0.2, -0.15) is 5.10 Å². The predicted molar refractivity (Wildman–Crippen MR) is 90.3 cm³/mol. The van der Waals surface area contributed by atoms with Gasteiger partial charge in [0.2, 0.25) is 0 Å². The monoisotopic (exact) mass is 317 g/mol. The van der Waals surface area contributed by atoms with Crippen molar-refractivity contribution in [3.8, 4) is 5.82 Å². The Balaban J connectivity index is 1.97. The standard InChI is InChI=1S/C18H27N3O2/c1-13-6-7-14(2)21(13)17-10-16(18(3,4)5)20(19-17)11-15-12-22-8-9-23-15/h6-7,10,15H,8-9,11-12H2,1-5H3. The largest absolute Gasteiger partial charge is 0.376 e. The number of hydrogen-bond donors (Lipinski definition) is 0. The minimum absolute atomic E-state index is 0.0235. The molecule has 3 rings (SSSR count). The van der Waals surface area contributed by atoms with E-state index in [2.05, 4.69) is 62.1 Å². The molecule has 126 valence electrons. The van der Waals surface area contributed by atoms with Crippen LogP contribution in [0.1, 0.15) is 37.9 Å². The van der Waals surface area contributed by atoms with E-state index in [1.54, 1.807) is 0 Å². The maximum atomic E-state index is 5.80. The summed E-state index contributed by atoms with van der Waals surface area (Å²) in [5.74, 6) is 0.978. The lowest BCUT2D eigenvalue weighted by Gasteiger charge is -2.26. The number of nitrogens with zero attached hydrogens (tertiary/aromatic N) is 3. The third-order valence-corrected chi connectivity index (χ3v) is 4.30. The van der Waals surface area contributed by atoms with E-state index < -0.39 is 0 Å². The molecule has 5 heteroatoms. The Kier molecular flexibility index (Phi) is 4.34. The Hall–Kier alpha value is -1.59. The van der Waals surface area contributed by atoms with E-state index in [1.807, 2.05) is 0 Å². The van der Waals surface area contributed by atoms with E-state index in [9.17, 15) is 0 Å². The van der Waals surface area contributed by atoms with Crippen molar-refractivity contribution in [3.63, 3.8) is 0 Å². The van der Waals surface area contributed by atoms with Crippen LogP contribution in [0.3, 0.4) is 0 Å². The van der Waals surface area contributed by atoms with E-state index in [0.29, 0.717) is 19.8 Å². The van der Waals surface area contributed by atoms with Gasteiger partial charge in [-0.1, -0.05) is 20.8 Å². The molecule has 1 fully saturated rings. The van der Waals surface area contributed by atoms with Crippen LogP contribution in [0.2, 0.25) is 0 Å². The second-order valence-corrected chi connectivity index (χ2v) is 7.34. The van der Waals surface area contributed by atoms with Crippen LogP contribution in [0, 0.1) is 13.8 Å². The van der Waals surface area contributed by atoms with Crippen molar-refractivity contribution in [2.75, 3.05) is 19.8 Å². The van der Waals surface area contributed by atoms with E-state index in [0.717, 1.165) is 12.4 Å². The fourth-order valence-corrected chi connectivity index (χ4v) is 3.12. The van der Waals surface area contributed by atoms with E-state index >= 15 is 0 Å². The first-order valence-electron chi connectivity index (χ1n) is 8.29. The first-order chi connectivity index (χ1) is 10.9. The summed E-state index contributed by atoms with van der Waals surface area (Å²) in [5, 5.41) is 4.88. The average Bonchev–Trinajstić information content (AvgIpc) is 3.03. The molecule has 0 radical (unpaired) electrons. The average molecular weight is 317 g/mol. The van der Waals surface area contributed by atoms with Gasteiger partial charge in [-0.3, -0.25) is 4.68 Å². The summed E-state index contributed by atoms with van der Waals surface area (Å²) >= 11 is 0. The third kappa shape index (κ3) is 3.35. The highest BCUT2D eigenvalue weighted by atomic mass is 16.6. The summed E-state index contributed by atoms with van der Waals surface area (Å²) in [6.07, 6.45) is 0.0736. The fraction of sp³-hybridized carbons (Fsp3) is 0.611. The highest BCUT2D eigenvalue weighted by Gasteiger charge is 2.25. The van der Waals surface area contributed by atoms with Crippen molar-refractivity contribution in [2.45, 2.75) is 52.7 Å². The minimum Gasteiger partial charge on any atom is -0.376 e. The highest BCUT2D eigenvalue weighted by Crippen LogP contribution is 2.26. The molecule has 1 saturated heterocycles. The molecule has 2 aromatic rings. The number of aryl methyl sites for hydroxylation is 2. The zero-order chi connectivity index (χ0) is 16.6.